The minimum atomic E-state index is -0.715. The maximum absolute atomic E-state index is 9.32. The van der Waals surface area contributed by atoms with Gasteiger partial charge in [-0.3, -0.25) is 0 Å². The van der Waals surface area contributed by atoms with Gasteiger partial charge >= 0.3 is 0 Å². The molecule has 0 aliphatic rings. The maximum atomic E-state index is 9.32. The molecular formula is C12H26O7Rf-2. The Balaban J connectivity index is -0.000000657. The Morgan fingerprint density at radius 3 is 1.90 bits per heavy atom. The van der Waals surface area contributed by atoms with Crippen LogP contribution in [0.2, 0.25) is 0 Å². The van der Waals surface area contributed by atoms with Crippen LogP contribution in [-0.2, 0) is 18.9 Å². The molecule has 8 heteroatoms. The summed E-state index contributed by atoms with van der Waals surface area (Å²) in [6.45, 7) is 0.920. The van der Waals surface area contributed by atoms with Crippen molar-refractivity contribution in [3.8, 4) is 0 Å². The predicted molar refractivity (Wildman–Crippen MR) is 69.0 cm³/mol. The molecule has 0 heterocycles. The molecule has 0 aliphatic heterocycles. The summed E-state index contributed by atoms with van der Waals surface area (Å²) in [4.78, 5) is 0. The second-order valence-corrected chi connectivity index (χ2v) is 3.63. The molecule has 0 fully saturated rings. The molecule has 0 saturated carbocycles. The van der Waals surface area contributed by atoms with Crippen molar-refractivity contribution < 1.29 is 34.3 Å². The molecule has 0 bridgehead atoms. The van der Waals surface area contributed by atoms with Gasteiger partial charge in [0.15, 0.2) is 0 Å². The van der Waals surface area contributed by atoms with Crippen molar-refractivity contribution in [2.45, 2.75) is 18.6 Å². The zero-order valence-electron chi connectivity index (χ0n) is 12.2. The topological polar surface area (TPSA) is 97.6 Å². The van der Waals surface area contributed by atoms with Crippen LogP contribution in [0.15, 0.2) is 0 Å². The number of ether oxygens (including phenoxy) is 4. The number of hydrogen-bond acceptors (Lipinski definition) is 7. The Morgan fingerprint density at radius 2 is 1.45 bits per heavy atom. The number of aliphatic hydroxyl groups is 3. The van der Waals surface area contributed by atoms with Crippen molar-refractivity contribution >= 4 is 0 Å². The molecule has 0 amide bonds. The molecule has 20 heavy (non-hydrogen) atoms. The van der Waals surface area contributed by atoms with Gasteiger partial charge in [0.25, 0.3) is 0 Å². The first-order chi connectivity index (χ1) is 9.12. The van der Waals surface area contributed by atoms with Crippen molar-refractivity contribution in [1.29, 1.82) is 0 Å². The Bertz CT molecular complexity index is 163. The van der Waals surface area contributed by atoms with E-state index in [-0.39, 0.29) is 33.0 Å². The van der Waals surface area contributed by atoms with E-state index in [0.29, 0.717) is 13.0 Å². The van der Waals surface area contributed by atoms with Crippen molar-refractivity contribution in [3.05, 3.63) is 14.2 Å². The van der Waals surface area contributed by atoms with E-state index < -0.39 is 12.2 Å². The van der Waals surface area contributed by atoms with Crippen molar-refractivity contribution in [2.75, 3.05) is 46.8 Å². The first kappa shape index (κ1) is 23.8. The number of hydrogen-bond donors (Lipinski definition) is 3. The minimum Gasteiger partial charge on any atom is -0.557 e. The first-order valence-electron chi connectivity index (χ1n) is 5.89. The van der Waals surface area contributed by atoms with Gasteiger partial charge in [0.1, 0.15) is 6.10 Å². The smallest absolute Gasteiger partial charge is 0.101 e. The maximum Gasteiger partial charge on any atom is 0.101 e. The molecule has 0 rings (SSSR count). The minimum absolute atomic E-state index is 0. The Kier molecular flexibility index (Phi) is 23.8. The molecule has 0 aromatic carbocycles. The first-order valence-corrected chi connectivity index (χ1v) is 5.89. The van der Waals surface area contributed by atoms with Gasteiger partial charge < -0.3 is 34.3 Å². The third kappa shape index (κ3) is 21.9. The van der Waals surface area contributed by atoms with E-state index in [2.05, 4.69) is 23.7 Å². The molecule has 7 nitrogen and oxygen atoms in total. The molecule has 0 aliphatic carbocycles. The van der Waals surface area contributed by atoms with Gasteiger partial charge in [-0.1, -0.05) is 0 Å². The molecule has 120 valence electrons. The largest absolute Gasteiger partial charge is 0.557 e. The summed E-state index contributed by atoms with van der Waals surface area (Å²) in [5.74, 6) is 0. The fourth-order valence-corrected chi connectivity index (χ4v) is 0.990. The average molecular weight is 549 g/mol. The van der Waals surface area contributed by atoms with Gasteiger partial charge in [-0.05, 0) is 13.5 Å². The van der Waals surface area contributed by atoms with Crippen LogP contribution >= 0.6 is 0 Å². The Hall–Kier alpha value is -1.28. The van der Waals surface area contributed by atoms with Gasteiger partial charge in [0.2, 0.25) is 0 Å². The van der Waals surface area contributed by atoms with E-state index in [0.717, 1.165) is 0 Å². The van der Waals surface area contributed by atoms with E-state index in [9.17, 15) is 10.2 Å². The molecular weight excluding hydrogens is 523 g/mol. The molecule has 0 aromatic rings. The second-order valence-electron chi connectivity index (χ2n) is 3.63. The average Bonchev–Trinajstić information content (AvgIpc) is 2.36. The molecule has 2 atom stereocenters. The van der Waals surface area contributed by atoms with E-state index in [1.54, 1.807) is 0 Å². The van der Waals surface area contributed by atoms with Crippen LogP contribution in [0.5, 0.6) is 0 Å². The summed E-state index contributed by atoms with van der Waals surface area (Å²) in [6.07, 6.45) is -0.882. The van der Waals surface area contributed by atoms with Gasteiger partial charge in [-0.15, -0.1) is 0 Å². The monoisotopic (exact) mass is 549 g/mol. The third-order valence-corrected chi connectivity index (χ3v) is 1.76. The van der Waals surface area contributed by atoms with Crippen molar-refractivity contribution in [3.63, 3.8) is 0 Å². The van der Waals surface area contributed by atoms with Gasteiger partial charge in [-0.25, -0.2) is 14.2 Å². The predicted octanol–water partition coefficient (Wildman–Crippen LogP) is -0.644. The summed E-state index contributed by atoms with van der Waals surface area (Å²) < 4.78 is 18.5. The molecule has 0 aromatic heterocycles. The number of aliphatic hydroxyl groups excluding tert-OH is 3. The van der Waals surface area contributed by atoms with Crippen molar-refractivity contribution in [1.82, 2.24) is 0 Å². The standard InChI is InChI=1S/C10H21O6.C2H5O.Rf/c1-14-6-9(12)2-4-15-7-10(13)8-16-5-3-11;1-3-2;/h9-13H,1-8H2;1H2,2H3;/q2*-1;. The van der Waals surface area contributed by atoms with Crippen LogP contribution in [0, 0.1) is 14.2 Å². The molecule has 0 spiro atoms. The number of rotatable bonds is 11. The van der Waals surface area contributed by atoms with Crippen LogP contribution in [0.1, 0.15) is 6.42 Å². The quantitative estimate of drug-likeness (QED) is 0.233. The van der Waals surface area contributed by atoms with E-state index in [4.69, 9.17) is 14.6 Å². The van der Waals surface area contributed by atoms with Crippen LogP contribution in [0.25, 0.3) is 0 Å². The Morgan fingerprint density at radius 1 is 0.950 bits per heavy atom. The fourth-order valence-electron chi connectivity index (χ4n) is 0.990. The van der Waals surface area contributed by atoms with Gasteiger partial charge in [0, 0.05) is 13.2 Å². The third-order valence-electron chi connectivity index (χ3n) is 1.76. The summed E-state index contributed by atoms with van der Waals surface area (Å²) in [7, 11) is 7.65. The fraction of sp³-hybridized carbons (Fsp3) is 0.833. The zero-order valence-corrected chi connectivity index (χ0v) is 18.6. The molecule has 0 saturated heterocycles. The van der Waals surface area contributed by atoms with Crippen LogP contribution in [0.4, 0.5) is 0 Å². The Labute approximate surface area is 115 Å². The van der Waals surface area contributed by atoms with E-state index in [1.807, 2.05) is 0 Å². The summed E-state index contributed by atoms with van der Waals surface area (Å²) in [5, 5.41) is 27.0. The number of methoxy groups -OCH3 is 1. The van der Waals surface area contributed by atoms with Crippen LogP contribution in [0.3, 0.4) is 0 Å². The zero-order chi connectivity index (χ0) is 14.9. The molecule has 0 radical (unpaired) electrons. The normalized spacial score (nSPS) is 12.9. The molecule has 3 N–H and O–H groups in total. The van der Waals surface area contributed by atoms with E-state index in [1.165, 1.54) is 7.11 Å². The van der Waals surface area contributed by atoms with Crippen LogP contribution < -0.4 is 0 Å². The second kappa shape index (κ2) is 20.0. The van der Waals surface area contributed by atoms with E-state index >= 15 is 0 Å². The summed E-state index contributed by atoms with van der Waals surface area (Å²) in [6, 6.07) is 0. The van der Waals surface area contributed by atoms with Gasteiger partial charge in [0.05, 0.1) is 32.5 Å². The summed E-state index contributed by atoms with van der Waals surface area (Å²) in [5.41, 5.74) is 0. The van der Waals surface area contributed by atoms with Crippen LogP contribution in [-0.4, -0.2) is 74.3 Å². The van der Waals surface area contributed by atoms with Gasteiger partial charge in [-0.2, -0.15) is 0 Å². The van der Waals surface area contributed by atoms with Crippen molar-refractivity contribution in [2.24, 2.45) is 0 Å². The molecule has 2 unspecified atom stereocenters. The SMILES string of the molecule is [CH2-]OC.[CH2-]OCC(O)CCOCC(O)COCCO.[Rf]. The summed E-state index contributed by atoms with van der Waals surface area (Å²) >= 11 is 0.